The number of piperazine rings is 1. The Balaban J connectivity index is 1.43. The highest BCUT2D eigenvalue weighted by Gasteiger charge is 2.34. The van der Waals surface area contributed by atoms with E-state index in [1.54, 1.807) is 16.2 Å². The molecule has 3 rings (SSSR count). The van der Waals surface area contributed by atoms with E-state index in [0.29, 0.717) is 25.4 Å². The van der Waals surface area contributed by atoms with Crippen LogP contribution in [0.2, 0.25) is 0 Å². The van der Waals surface area contributed by atoms with Crippen molar-refractivity contribution in [2.24, 2.45) is 5.92 Å². The minimum Gasteiger partial charge on any atom is -0.354 e. The number of carbonyl (C=O) groups is 2. The van der Waals surface area contributed by atoms with Gasteiger partial charge in [0.1, 0.15) is 6.04 Å². The lowest BCUT2D eigenvalue weighted by molar-refractivity contribution is -0.138. The molecular weight excluding hydrogens is 360 g/mol. The minimum absolute atomic E-state index is 0.0113. The Kier molecular flexibility index (Phi) is 7.26. The van der Waals surface area contributed by atoms with Gasteiger partial charge in [-0.15, -0.1) is 11.3 Å². The summed E-state index contributed by atoms with van der Waals surface area (Å²) in [6, 6.07) is 3.64. The van der Waals surface area contributed by atoms with Crippen LogP contribution < -0.4 is 5.32 Å². The second kappa shape index (κ2) is 9.66. The van der Waals surface area contributed by atoms with Crippen LogP contribution in [0.15, 0.2) is 17.5 Å². The fourth-order valence-corrected chi connectivity index (χ4v) is 4.63. The fraction of sp³-hybridized carbons (Fsp3) is 0.700. The zero-order chi connectivity index (χ0) is 19.2. The van der Waals surface area contributed by atoms with Crippen LogP contribution >= 0.6 is 11.3 Å². The average molecular weight is 393 g/mol. The molecule has 27 heavy (non-hydrogen) atoms. The van der Waals surface area contributed by atoms with E-state index in [1.807, 2.05) is 17.5 Å². The Hall–Kier alpha value is -1.44. The molecule has 7 heteroatoms. The molecule has 3 heterocycles. The number of nitrogens with one attached hydrogen (secondary N) is 1. The SMILES string of the molecule is CC(CNC(=O)C1CCCN1C(=O)Cc1cccs1)CN1CCN(C)CC1. The van der Waals surface area contributed by atoms with Crippen molar-refractivity contribution < 1.29 is 9.59 Å². The highest BCUT2D eigenvalue weighted by Crippen LogP contribution is 2.20. The third-order valence-corrected chi connectivity index (χ3v) is 6.45. The molecule has 0 bridgehead atoms. The van der Waals surface area contributed by atoms with Crippen LogP contribution in [0.1, 0.15) is 24.6 Å². The van der Waals surface area contributed by atoms with E-state index in [9.17, 15) is 9.59 Å². The standard InChI is InChI=1S/C20H32N4O2S/c1-16(15-23-10-8-22(2)9-11-23)14-21-20(26)18-6-3-7-24(18)19(25)13-17-5-4-12-27-17/h4-5,12,16,18H,3,6-11,13-15H2,1-2H3,(H,21,26). The van der Waals surface area contributed by atoms with Gasteiger partial charge in [0.15, 0.2) is 0 Å². The summed E-state index contributed by atoms with van der Waals surface area (Å²) in [5.41, 5.74) is 0. The molecule has 1 aromatic heterocycles. The van der Waals surface area contributed by atoms with Gasteiger partial charge in [0.25, 0.3) is 0 Å². The summed E-state index contributed by atoms with van der Waals surface area (Å²) in [4.78, 5) is 32.9. The predicted octanol–water partition coefficient (Wildman–Crippen LogP) is 1.28. The van der Waals surface area contributed by atoms with Crippen LogP contribution in [0.25, 0.3) is 0 Å². The van der Waals surface area contributed by atoms with E-state index in [1.165, 1.54) is 0 Å². The Labute approximate surface area is 166 Å². The van der Waals surface area contributed by atoms with E-state index in [2.05, 4.69) is 29.1 Å². The summed E-state index contributed by atoms with van der Waals surface area (Å²) >= 11 is 1.59. The Morgan fingerprint density at radius 1 is 1.26 bits per heavy atom. The van der Waals surface area contributed by atoms with Crippen LogP contribution in [-0.4, -0.2) is 85.4 Å². The molecule has 2 fully saturated rings. The number of rotatable bonds is 7. The topological polar surface area (TPSA) is 55.9 Å². The molecule has 2 amide bonds. The van der Waals surface area contributed by atoms with Gasteiger partial charge in [-0.3, -0.25) is 9.59 Å². The first kappa shape index (κ1) is 20.3. The van der Waals surface area contributed by atoms with Gasteiger partial charge >= 0.3 is 0 Å². The Bertz CT molecular complexity index is 614. The van der Waals surface area contributed by atoms with Crippen LogP contribution in [0, 0.1) is 5.92 Å². The van der Waals surface area contributed by atoms with Crippen molar-refractivity contribution >= 4 is 23.2 Å². The summed E-state index contributed by atoms with van der Waals surface area (Å²) in [5.74, 6) is 0.492. The summed E-state index contributed by atoms with van der Waals surface area (Å²) in [5, 5.41) is 5.08. The van der Waals surface area contributed by atoms with E-state index >= 15 is 0 Å². The summed E-state index contributed by atoms with van der Waals surface area (Å²) in [7, 11) is 2.16. The van der Waals surface area contributed by atoms with Crippen LogP contribution in [-0.2, 0) is 16.0 Å². The molecule has 2 unspecified atom stereocenters. The molecule has 0 radical (unpaired) electrons. The molecule has 0 spiro atoms. The maximum Gasteiger partial charge on any atom is 0.242 e. The van der Waals surface area contributed by atoms with Crippen molar-refractivity contribution in [1.29, 1.82) is 0 Å². The van der Waals surface area contributed by atoms with Crippen molar-refractivity contribution in [3.05, 3.63) is 22.4 Å². The number of likely N-dealkylation sites (tertiary alicyclic amines) is 1. The molecule has 0 aliphatic carbocycles. The van der Waals surface area contributed by atoms with Crippen molar-refractivity contribution in [2.75, 3.05) is 52.9 Å². The normalized spacial score (nSPS) is 22.7. The number of carbonyl (C=O) groups excluding carboxylic acids is 2. The Morgan fingerprint density at radius 2 is 2.04 bits per heavy atom. The average Bonchev–Trinajstić information content (AvgIpc) is 3.33. The van der Waals surface area contributed by atoms with Crippen LogP contribution in [0.5, 0.6) is 0 Å². The molecule has 1 aromatic rings. The molecule has 2 atom stereocenters. The van der Waals surface area contributed by atoms with Gasteiger partial charge in [0, 0.05) is 50.7 Å². The van der Waals surface area contributed by atoms with Crippen molar-refractivity contribution in [3.8, 4) is 0 Å². The molecule has 2 aliphatic rings. The number of thiophene rings is 1. The molecule has 0 aromatic carbocycles. The Morgan fingerprint density at radius 3 is 2.74 bits per heavy atom. The molecule has 6 nitrogen and oxygen atoms in total. The molecule has 2 saturated heterocycles. The van der Waals surface area contributed by atoms with Crippen molar-refractivity contribution in [2.45, 2.75) is 32.2 Å². The first-order chi connectivity index (χ1) is 13.0. The van der Waals surface area contributed by atoms with E-state index < -0.39 is 0 Å². The summed E-state index contributed by atoms with van der Waals surface area (Å²) < 4.78 is 0. The van der Waals surface area contributed by atoms with Crippen molar-refractivity contribution in [1.82, 2.24) is 20.0 Å². The number of likely N-dealkylation sites (N-methyl/N-ethyl adjacent to an activating group) is 1. The highest BCUT2D eigenvalue weighted by molar-refractivity contribution is 7.10. The first-order valence-electron chi connectivity index (χ1n) is 10.0. The van der Waals surface area contributed by atoms with Gasteiger partial charge in [-0.1, -0.05) is 13.0 Å². The van der Waals surface area contributed by atoms with Gasteiger partial charge in [0.05, 0.1) is 6.42 Å². The summed E-state index contributed by atoms with van der Waals surface area (Å²) in [6.07, 6.45) is 2.08. The molecule has 2 aliphatic heterocycles. The van der Waals surface area contributed by atoms with E-state index in [-0.39, 0.29) is 17.9 Å². The van der Waals surface area contributed by atoms with Gasteiger partial charge in [-0.05, 0) is 37.3 Å². The van der Waals surface area contributed by atoms with Gasteiger partial charge in [-0.2, -0.15) is 0 Å². The highest BCUT2D eigenvalue weighted by atomic mass is 32.1. The van der Waals surface area contributed by atoms with E-state index in [0.717, 1.165) is 50.4 Å². The van der Waals surface area contributed by atoms with Gasteiger partial charge in [0.2, 0.25) is 11.8 Å². The number of amides is 2. The molecule has 1 N–H and O–H groups in total. The second-order valence-corrected chi connectivity index (χ2v) is 8.99. The third kappa shape index (κ3) is 5.77. The molecule has 150 valence electrons. The number of hydrogen-bond acceptors (Lipinski definition) is 5. The van der Waals surface area contributed by atoms with E-state index in [4.69, 9.17) is 0 Å². The third-order valence-electron chi connectivity index (χ3n) is 5.57. The van der Waals surface area contributed by atoms with Crippen LogP contribution in [0.3, 0.4) is 0 Å². The fourth-order valence-electron chi connectivity index (χ4n) is 3.93. The first-order valence-corrected chi connectivity index (χ1v) is 10.9. The summed E-state index contributed by atoms with van der Waals surface area (Å²) in [6.45, 7) is 9.00. The second-order valence-electron chi connectivity index (χ2n) is 7.96. The number of hydrogen-bond donors (Lipinski definition) is 1. The predicted molar refractivity (Wildman–Crippen MR) is 109 cm³/mol. The largest absolute Gasteiger partial charge is 0.354 e. The zero-order valence-corrected chi connectivity index (χ0v) is 17.3. The van der Waals surface area contributed by atoms with Gasteiger partial charge in [-0.25, -0.2) is 0 Å². The molecular formula is C20H32N4O2S. The van der Waals surface area contributed by atoms with Gasteiger partial charge < -0.3 is 20.0 Å². The maximum atomic E-state index is 12.7. The zero-order valence-electron chi connectivity index (χ0n) is 16.5. The molecule has 0 saturated carbocycles. The monoisotopic (exact) mass is 392 g/mol. The quantitative estimate of drug-likeness (QED) is 0.760. The smallest absolute Gasteiger partial charge is 0.242 e. The lowest BCUT2D eigenvalue weighted by Crippen LogP contribution is -2.49. The van der Waals surface area contributed by atoms with Crippen LogP contribution in [0.4, 0.5) is 0 Å². The van der Waals surface area contributed by atoms with Crippen molar-refractivity contribution in [3.63, 3.8) is 0 Å². The lowest BCUT2D eigenvalue weighted by Gasteiger charge is -2.34. The maximum absolute atomic E-state index is 12.7. The lowest BCUT2D eigenvalue weighted by atomic mass is 10.1. The minimum atomic E-state index is -0.298. The number of nitrogens with zero attached hydrogens (tertiary/aromatic N) is 3.